The van der Waals surface area contributed by atoms with E-state index in [0.717, 1.165) is 16.7 Å². The van der Waals surface area contributed by atoms with Crippen molar-refractivity contribution in [2.24, 2.45) is 0 Å². The first-order valence-corrected chi connectivity index (χ1v) is 10.9. The molecular formula is C31H34Ti. The largest absolute Gasteiger partial charge is 4.00 e. The molecule has 0 radical (unpaired) electrons. The van der Waals surface area contributed by atoms with E-state index in [1.807, 2.05) is 91.0 Å². The van der Waals surface area contributed by atoms with Gasteiger partial charge in [0.25, 0.3) is 0 Å². The SMILES string of the molecule is Cc1cc2c([cH-]1)CCCC2.[CH2-]c1ccccc1.[CH2-]c1ccccc1.[CH2-]c1ccccc1.[Ti+4]. The molecule has 0 N–H and O–H groups in total. The van der Waals surface area contributed by atoms with E-state index in [-0.39, 0.29) is 21.7 Å². The molecule has 0 saturated heterocycles. The van der Waals surface area contributed by atoms with E-state index >= 15 is 0 Å². The fourth-order valence-electron chi connectivity index (χ4n) is 3.31. The summed E-state index contributed by atoms with van der Waals surface area (Å²) in [6.45, 7) is 13.4. The number of rotatable bonds is 0. The Bertz CT molecular complexity index is 841. The van der Waals surface area contributed by atoms with Crippen LogP contribution in [-0.4, -0.2) is 0 Å². The summed E-state index contributed by atoms with van der Waals surface area (Å²) >= 11 is 0. The van der Waals surface area contributed by atoms with Gasteiger partial charge in [-0.05, 0) is 0 Å². The van der Waals surface area contributed by atoms with Crippen molar-refractivity contribution < 1.29 is 21.7 Å². The maximum Gasteiger partial charge on any atom is 4.00 e. The van der Waals surface area contributed by atoms with Crippen molar-refractivity contribution in [2.75, 3.05) is 0 Å². The van der Waals surface area contributed by atoms with Crippen molar-refractivity contribution >= 4 is 0 Å². The maximum absolute atomic E-state index is 3.72. The van der Waals surface area contributed by atoms with Crippen LogP contribution in [0.1, 0.15) is 46.2 Å². The Morgan fingerprint density at radius 2 is 0.969 bits per heavy atom. The Labute approximate surface area is 211 Å². The third-order valence-corrected chi connectivity index (χ3v) is 4.89. The second kappa shape index (κ2) is 16.0. The Hall–Kier alpha value is -2.67. The summed E-state index contributed by atoms with van der Waals surface area (Å²) in [5, 5.41) is 0. The van der Waals surface area contributed by atoms with E-state index < -0.39 is 0 Å². The third kappa shape index (κ3) is 11.7. The zero-order valence-corrected chi connectivity index (χ0v) is 20.8. The first-order valence-electron chi connectivity index (χ1n) is 10.9. The molecule has 0 heterocycles. The summed E-state index contributed by atoms with van der Waals surface area (Å²) in [6.07, 6.45) is 5.44. The summed E-state index contributed by atoms with van der Waals surface area (Å²) in [4.78, 5) is 0. The van der Waals surface area contributed by atoms with Gasteiger partial charge in [-0.2, -0.15) is 96.6 Å². The van der Waals surface area contributed by atoms with Crippen molar-refractivity contribution in [3.8, 4) is 0 Å². The summed E-state index contributed by atoms with van der Waals surface area (Å²) in [5.41, 5.74) is 7.90. The van der Waals surface area contributed by atoms with Crippen LogP contribution in [0.3, 0.4) is 0 Å². The van der Waals surface area contributed by atoms with E-state index in [2.05, 4.69) is 39.8 Å². The third-order valence-electron chi connectivity index (χ3n) is 4.89. The second-order valence-electron chi connectivity index (χ2n) is 7.75. The van der Waals surface area contributed by atoms with E-state index in [9.17, 15) is 0 Å². The average Bonchev–Trinajstić information content (AvgIpc) is 3.17. The monoisotopic (exact) mass is 454 g/mol. The summed E-state index contributed by atoms with van der Waals surface area (Å²) < 4.78 is 0. The zero-order chi connectivity index (χ0) is 22.3. The van der Waals surface area contributed by atoms with E-state index in [1.165, 1.54) is 31.2 Å². The molecule has 1 aliphatic rings. The van der Waals surface area contributed by atoms with Crippen LogP contribution in [0.25, 0.3) is 0 Å². The van der Waals surface area contributed by atoms with Crippen LogP contribution in [0.2, 0.25) is 0 Å². The molecule has 0 nitrogen and oxygen atoms in total. The molecule has 0 unspecified atom stereocenters. The van der Waals surface area contributed by atoms with Crippen LogP contribution in [-0.2, 0) is 34.6 Å². The molecule has 162 valence electrons. The fourth-order valence-corrected chi connectivity index (χ4v) is 3.31. The summed E-state index contributed by atoms with van der Waals surface area (Å²) in [5.74, 6) is 0. The molecule has 1 aliphatic carbocycles. The molecule has 4 aromatic rings. The van der Waals surface area contributed by atoms with Gasteiger partial charge >= 0.3 is 21.7 Å². The Balaban J connectivity index is 0.000000214. The van der Waals surface area contributed by atoms with Gasteiger partial charge in [0.05, 0.1) is 0 Å². The zero-order valence-electron chi connectivity index (χ0n) is 19.3. The van der Waals surface area contributed by atoms with Gasteiger partial charge in [-0.1, -0.05) is 50.8 Å². The number of benzene rings is 3. The van der Waals surface area contributed by atoms with E-state index in [0.29, 0.717) is 0 Å². The quantitative estimate of drug-likeness (QED) is 0.186. The number of fused-ring (bicyclic) bond motifs is 1. The van der Waals surface area contributed by atoms with Gasteiger partial charge in [0.2, 0.25) is 0 Å². The minimum atomic E-state index is 0. The smallest absolute Gasteiger partial charge is 0.207 e. The summed E-state index contributed by atoms with van der Waals surface area (Å²) in [6, 6.07) is 34.3. The van der Waals surface area contributed by atoms with Crippen LogP contribution in [0, 0.1) is 27.7 Å². The molecule has 0 atom stereocenters. The standard InChI is InChI=1S/C10H13.3C7H7.Ti/c1-8-6-9-4-2-3-5-10(9)7-8;3*1-7-5-3-2-4-6-7;/h6-7H,2-5H2,1H3;3*2-6H,1H2;/q4*-1;+4. The van der Waals surface area contributed by atoms with Crippen LogP contribution < -0.4 is 0 Å². The second-order valence-corrected chi connectivity index (χ2v) is 7.75. The first-order chi connectivity index (χ1) is 15.0. The van der Waals surface area contributed by atoms with Gasteiger partial charge in [0.15, 0.2) is 0 Å². The molecule has 5 rings (SSSR count). The van der Waals surface area contributed by atoms with Crippen molar-refractivity contribution in [2.45, 2.75) is 32.6 Å². The molecule has 0 saturated carbocycles. The maximum atomic E-state index is 3.72. The first kappa shape index (κ1) is 27.4. The van der Waals surface area contributed by atoms with Crippen LogP contribution in [0.5, 0.6) is 0 Å². The molecule has 0 aliphatic heterocycles. The molecule has 32 heavy (non-hydrogen) atoms. The Kier molecular flexibility index (Phi) is 13.7. The number of hydrogen-bond donors (Lipinski definition) is 0. The van der Waals surface area contributed by atoms with Gasteiger partial charge < -0.3 is 0 Å². The minimum absolute atomic E-state index is 0. The minimum Gasteiger partial charge on any atom is -0.207 e. The van der Waals surface area contributed by atoms with Gasteiger partial charge in [-0.25, -0.2) is 6.07 Å². The molecule has 0 aromatic heterocycles. The van der Waals surface area contributed by atoms with Crippen LogP contribution in [0.4, 0.5) is 0 Å². The average molecular weight is 454 g/mol. The Morgan fingerprint density at radius 1 is 0.594 bits per heavy atom. The van der Waals surface area contributed by atoms with Gasteiger partial charge in [-0.3, -0.25) is 0 Å². The molecule has 0 bridgehead atoms. The number of aryl methyl sites for hydroxylation is 3. The van der Waals surface area contributed by atoms with E-state index in [4.69, 9.17) is 0 Å². The summed E-state index contributed by atoms with van der Waals surface area (Å²) in [7, 11) is 0. The Morgan fingerprint density at radius 3 is 1.28 bits per heavy atom. The van der Waals surface area contributed by atoms with E-state index in [1.54, 1.807) is 11.1 Å². The van der Waals surface area contributed by atoms with Crippen molar-refractivity contribution in [1.82, 2.24) is 0 Å². The normalized spacial score (nSPS) is 10.9. The van der Waals surface area contributed by atoms with Crippen LogP contribution in [0.15, 0.2) is 103 Å². The van der Waals surface area contributed by atoms with Gasteiger partial charge in [0, 0.05) is 0 Å². The molecule has 0 spiro atoms. The van der Waals surface area contributed by atoms with Gasteiger partial charge in [0.1, 0.15) is 0 Å². The van der Waals surface area contributed by atoms with Crippen molar-refractivity contribution in [1.29, 1.82) is 0 Å². The van der Waals surface area contributed by atoms with Crippen LogP contribution >= 0.6 is 0 Å². The fraction of sp³-hybridized carbons (Fsp3) is 0.161. The number of hydrogen-bond acceptors (Lipinski definition) is 0. The molecule has 1 heteroatoms. The topological polar surface area (TPSA) is 0 Å². The van der Waals surface area contributed by atoms with Crippen molar-refractivity contribution in [3.63, 3.8) is 0 Å². The van der Waals surface area contributed by atoms with Gasteiger partial charge in [-0.15, -0.1) is 36.4 Å². The predicted molar refractivity (Wildman–Crippen MR) is 136 cm³/mol. The predicted octanol–water partition coefficient (Wildman–Crippen LogP) is 8.20. The van der Waals surface area contributed by atoms with Crippen molar-refractivity contribution in [3.05, 3.63) is 157 Å². The molecular weight excluding hydrogens is 420 g/mol. The molecule has 0 amide bonds. The molecule has 4 aromatic carbocycles. The molecule has 0 fully saturated rings.